The predicted octanol–water partition coefficient (Wildman–Crippen LogP) is 1.31. The minimum absolute atomic E-state index is 0.237. The number of ether oxygens (including phenoxy) is 1. The van der Waals surface area contributed by atoms with Gasteiger partial charge < -0.3 is 9.64 Å². The van der Waals surface area contributed by atoms with Gasteiger partial charge in [0.25, 0.3) is 0 Å². The zero-order chi connectivity index (χ0) is 13.0. The number of nitrogens with zero attached hydrogens (tertiary/aromatic N) is 2. The molecule has 1 fully saturated rings. The first-order valence-corrected chi connectivity index (χ1v) is 6.69. The monoisotopic (exact) mass is 254 g/mol. The Bertz CT molecular complexity index is 626. The summed E-state index contributed by atoms with van der Waals surface area (Å²) in [5, 5.41) is 9.42. The lowest BCUT2D eigenvalue weighted by Crippen LogP contribution is -2.45. The first-order valence-electron chi connectivity index (χ1n) is 6.69. The van der Waals surface area contributed by atoms with Crippen LogP contribution >= 0.6 is 0 Å². The number of aryl methyl sites for hydroxylation is 1. The standard InChI is InChI=1S/C15H14N2O2/c16-7-15(8-19-9-15)12-5-10-1-2-13(18)17-4-3-11(6-12)14(10)17/h5-6H,1-4,8-9H2. The molecule has 0 aromatic heterocycles. The maximum atomic E-state index is 11.9. The molecule has 0 radical (unpaired) electrons. The highest BCUT2D eigenvalue weighted by atomic mass is 16.5. The van der Waals surface area contributed by atoms with Crippen LogP contribution in [0.15, 0.2) is 12.1 Å². The van der Waals surface area contributed by atoms with Gasteiger partial charge in [-0.05, 0) is 29.5 Å². The molecule has 0 unspecified atom stereocenters. The van der Waals surface area contributed by atoms with E-state index in [1.165, 1.54) is 11.1 Å². The Morgan fingerprint density at radius 2 is 1.95 bits per heavy atom. The smallest absolute Gasteiger partial charge is 0.227 e. The minimum Gasteiger partial charge on any atom is -0.377 e. The largest absolute Gasteiger partial charge is 0.377 e. The minimum atomic E-state index is -0.458. The fraction of sp³-hybridized carbons (Fsp3) is 0.467. The van der Waals surface area contributed by atoms with E-state index in [-0.39, 0.29) is 5.91 Å². The number of hydrogen-bond acceptors (Lipinski definition) is 3. The summed E-state index contributed by atoms with van der Waals surface area (Å²) < 4.78 is 5.24. The van der Waals surface area contributed by atoms with Crippen LogP contribution in [-0.2, 0) is 27.8 Å². The number of rotatable bonds is 1. The summed E-state index contributed by atoms with van der Waals surface area (Å²) in [5.41, 5.74) is 4.19. The van der Waals surface area contributed by atoms with E-state index < -0.39 is 5.41 Å². The van der Waals surface area contributed by atoms with Gasteiger partial charge in [0, 0.05) is 13.0 Å². The molecule has 0 saturated carbocycles. The lowest BCUT2D eigenvalue weighted by atomic mass is 9.78. The Labute approximate surface area is 111 Å². The van der Waals surface area contributed by atoms with Gasteiger partial charge in [0.1, 0.15) is 5.41 Å². The molecule has 0 atom stereocenters. The molecule has 1 aromatic rings. The second kappa shape index (κ2) is 3.58. The first-order chi connectivity index (χ1) is 9.23. The number of anilines is 1. The molecule has 1 saturated heterocycles. The van der Waals surface area contributed by atoms with Gasteiger partial charge in [0.15, 0.2) is 0 Å². The normalized spacial score (nSPS) is 22.7. The number of benzene rings is 1. The van der Waals surface area contributed by atoms with Gasteiger partial charge in [0.05, 0.1) is 25.0 Å². The van der Waals surface area contributed by atoms with Crippen LogP contribution in [0.5, 0.6) is 0 Å². The van der Waals surface area contributed by atoms with Crippen molar-refractivity contribution < 1.29 is 9.53 Å². The van der Waals surface area contributed by atoms with Crippen LogP contribution in [0.1, 0.15) is 23.1 Å². The molecule has 0 aliphatic carbocycles. The molecule has 4 nitrogen and oxygen atoms in total. The molecular formula is C15H14N2O2. The maximum absolute atomic E-state index is 11.9. The van der Waals surface area contributed by atoms with Crippen molar-refractivity contribution in [1.29, 1.82) is 5.26 Å². The van der Waals surface area contributed by atoms with Crippen molar-refractivity contribution in [3.8, 4) is 6.07 Å². The van der Waals surface area contributed by atoms with Crippen molar-refractivity contribution in [1.82, 2.24) is 0 Å². The van der Waals surface area contributed by atoms with E-state index in [0.717, 1.165) is 30.6 Å². The molecule has 0 spiro atoms. The van der Waals surface area contributed by atoms with Gasteiger partial charge >= 0.3 is 0 Å². The lowest BCUT2D eigenvalue weighted by Gasteiger charge is -2.36. The van der Waals surface area contributed by atoms with Crippen LogP contribution in [-0.4, -0.2) is 25.7 Å². The lowest BCUT2D eigenvalue weighted by molar-refractivity contribution is -0.118. The molecule has 0 bridgehead atoms. The molecule has 3 aliphatic rings. The van der Waals surface area contributed by atoms with Crippen LogP contribution in [0.2, 0.25) is 0 Å². The second-order valence-corrected chi connectivity index (χ2v) is 5.63. The van der Waals surface area contributed by atoms with Crippen molar-refractivity contribution >= 4 is 11.6 Å². The van der Waals surface area contributed by atoms with E-state index in [1.807, 2.05) is 4.90 Å². The molecule has 4 heteroatoms. The van der Waals surface area contributed by atoms with E-state index in [4.69, 9.17) is 4.74 Å². The average molecular weight is 254 g/mol. The van der Waals surface area contributed by atoms with Gasteiger partial charge in [-0.1, -0.05) is 12.1 Å². The van der Waals surface area contributed by atoms with E-state index in [0.29, 0.717) is 19.6 Å². The summed E-state index contributed by atoms with van der Waals surface area (Å²) in [6, 6.07) is 6.64. The van der Waals surface area contributed by atoms with Gasteiger partial charge in [-0.2, -0.15) is 5.26 Å². The highest BCUT2D eigenvalue weighted by Gasteiger charge is 2.42. The Morgan fingerprint density at radius 3 is 2.58 bits per heavy atom. The van der Waals surface area contributed by atoms with Crippen LogP contribution in [0.3, 0.4) is 0 Å². The Morgan fingerprint density at radius 1 is 1.21 bits per heavy atom. The summed E-state index contributed by atoms with van der Waals surface area (Å²) in [7, 11) is 0. The fourth-order valence-electron chi connectivity index (χ4n) is 3.34. The number of carbonyl (C=O) groups excluding carboxylic acids is 1. The fourth-order valence-corrected chi connectivity index (χ4v) is 3.34. The number of hydrogen-bond donors (Lipinski definition) is 0. The molecule has 0 N–H and O–H groups in total. The second-order valence-electron chi connectivity index (χ2n) is 5.63. The van der Waals surface area contributed by atoms with Gasteiger partial charge in [0.2, 0.25) is 5.91 Å². The molecule has 3 heterocycles. The highest BCUT2D eigenvalue weighted by molar-refractivity contribution is 5.98. The molecule has 3 aliphatic heterocycles. The van der Waals surface area contributed by atoms with Crippen LogP contribution in [0.25, 0.3) is 0 Å². The third-order valence-corrected chi connectivity index (χ3v) is 4.52. The highest BCUT2D eigenvalue weighted by Crippen LogP contribution is 2.41. The summed E-state index contributed by atoms with van der Waals surface area (Å²) >= 11 is 0. The van der Waals surface area contributed by atoms with Gasteiger partial charge in [-0.25, -0.2) is 0 Å². The van der Waals surface area contributed by atoms with Crippen molar-refractivity contribution in [2.45, 2.75) is 24.7 Å². The molecule has 96 valence electrons. The average Bonchev–Trinajstić information content (AvgIpc) is 2.79. The van der Waals surface area contributed by atoms with Crippen molar-refractivity contribution in [3.05, 3.63) is 28.8 Å². The molecule has 1 amide bonds. The topological polar surface area (TPSA) is 53.3 Å². The summed E-state index contributed by atoms with van der Waals surface area (Å²) in [4.78, 5) is 13.8. The zero-order valence-electron chi connectivity index (χ0n) is 10.6. The quantitative estimate of drug-likeness (QED) is 0.759. The molecule has 4 rings (SSSR count). The van der Waals surface area contributed by atoms with E-state index in [9.17, 15) is 10.1 Å². The summed E-state index contributed by atoms with van der Waals surface area (Å²) in [5.74, 6) is 0.237. The van der Waals surface area contributed by atoms with Gasteiger partial charge in [-0.3, -0.25) is 4.79 Å². The van der Waals surface area contributed by atoms with Gasteiger partial charge in [-0.15, -0.1) is 0 Å². The maximum Gasteiger partial charge on any atom is 0.227 e. The van der Waals surface area contributed by atoms with E-state index in [1.54, 1.807) is 0 Å². The third-order valence-electron chi connectivity index (χ3n) is 4.52. The summed E-state index contributed by atoms with van der Waals surface area (Å²) in [6.07, 6.45) is 2.30. The SMILES string of the molecule is N#CC1(c2cc3c4c(c2)CCN4C(=O)CC3)COC1. The molecular weight excluding hydrogens is 240 g/mol. The van der Waals surface area contributed by atoms with E-state index >= 15 is 0 Å². The Kier molecular flexibility index (Phi) is 2.07. The molecule has 19 heavy (non-hydrogen) atoms. The van der Waals surface area contributed by atoms with E-state index in [2.05, 4.69) is 18.2 Å². The van der Waals surface area contributed by atoms with Crippen LogP contribution in [0, 0.1) is 11.3 Å². The first kappa shape index (κ1) is 11.0. The number of carbonyl (C=O) groups is 1. The zero-order valence-corrected chi connectivity index (χ0v) is 10.6. The van der Waals surface area contributed by atoms with Crippen molar-refractivity contribution in [2.24, 2.45) is 0 Å². The predicted molar refractivity (Wildman–Crippen MR) is 68.9 cm³/mol. The number of amides is 1. The van der Waals surface area contributed by atoms with Crippen molar-refractivity contribution in [2.75, 3.05) is 24.7 Å². The Hall–Kier alpha value is -1.86. The summed E-state index contributed by atoms with van der Waals surface area (Å²) in [6.45, 7) is 1.77. The molecule has 1 aromatic carbocycles. The van der Waals surface area contributed by atoms with Crippen molar-refractivity contribution in [3.63, 3.8) is 0 Å². The van der Waals surface area contributed by atoms with Crippen LogP contribution < -0.4 is 4.90 Å². The van der Waals surface area contributed by atoms with Crippen LogP contribution in [0.4, 0.5) is 5.69 Å². The Balaban J connectivity index is 1.87. The third kappa shape index (κ3) is 1.34. The number of nitriles is 1.